The quantitative estimate of drug-likeness (QED) is 0.794. The molecule has 154 valence electrons. The minimum atomic E-state index is -1.38. The molecule has 8 nitrogen and oxygen atoms in total. The molecule has 8 heteroatoms. The van der Waals surface area contributed by atoms with Gasteiger partial charge in [0, 0.05) is 0 Å². The fourth-order valence-electron chi connectivity index (χ4n) is 4.25. The molecule has 1 aromatic rings. The van der Waals surface area contributed by atoms with Gasteiger partial charge in [0.25, 0.3) is 0 Å². The van der Waals surface area contributed by atoms with Crippen LogP contribution in [0.3, 0.4) is 0 Å². The number of carbonyl (C=O) groups is 1. The van der Waals surface area contributed by atoms with E-state index in [1.165, 1.54) is 0 Å². The number of ether oxygens (including phenoxy) is 5. The second-order valence-corrected chi connectivity index (χ2v) is 8.35. The molecule has 7 atom stereocenters. The maximum absolute atomic E-state index is 12.0. The Morgan fingerprint density at radius 1 is 0.929 bits per heavy atom. The largest absolute Gasteiger partial charge is 0.481 e. The lowest BCUT2D eigenvalue weighted by atomic mass is 9.85. The number of hydrogen-bond donors (Lipinski definition) is 2. The minimum absolute atomic E-state index is 0.479. The normalized spacial score (nSPS) is 37.7. The number of rotatable bonds is 4. The number of carboxylic acid groups (broad SMARTS) is 1. The first-order valence-electron chi connectivity index (χ1n) is 9.40. The highest BCUT2D eigenvalue weighted by Crippen LogP contribution is 2.45. The molecule has 2 N–H and O–H groups in total. The van der Waals surface area contributed by atoms with E-state index in [2.05, 4.69) is 0 Å². The van der Waals surface area contributed by atoms with E-state index >= 15 is 0 Å². The van der Waals surface area contributed by atoms with Crippen LogP contribution < -0.4 is 0 Å². The van der Waals surface area contributed by atoms with Crippen LogP contribution in [0.2, 0.25) is 0 Å². The van der Waals surface area contributed by atoms with Gasteiger partial charge in [-0.25, -0.2) is 0 Å². The predicted octanol–water partition coefficient (Wildman–Crippen LogP) is 1.61. The molecule has 3 saturated heterocycles. The Morgan fingerprint density at radius 3 is 2.14 bits per heavy atom. The summed E-state index contributed by atoms with van der Waals surface area (Å²) in [6.07, 6.45) is -4.93. The van der Waals surface area contributed by atoms with Crippen molar-refractivity contribution >= 4 is 5.97 Å². The van der Waals surface area contributed by atoms with Crippen molar-refractivity contribution in [3.63, 3.8) is 0 Å². The zero-order valence-corrected chi connectivity index (χ0v) is 16.3. The molecule has 3 fully saturated rings. The van der Waals surface area contributed by atoms with E-state index < -0.39 is 60.3 Å². The van der Waals surface area contributed by atoms with Crippen LogP contribution >= 0.6 is 0 Å². The molecule has 3 aliphatic rings. The van der Waals surface area contributed by atoms with Crippen molar-refractivity contribution in [3.05, 3.63) is 35.9 Å². The fraction of sp³-hybridized carbons (Fsp3) is 0.650. The zero-order chi connectivity index (χ0) is 20.3. The number of hydrogen-bond acceptors (Lipinski definition) is 7. The first-order chi connectivity index (χ1) is 13.1. The van der Waals surface area contributed by atoms with E-state index in [1.807, 2.05) is 0 Å². The van der Waals surface area contributed by atoms with Gasteiger partial charge in [-0.15, -0.1) is 0 Å². The molecule has 3 heterocycles. The molecule has 28 heavy (non-hydrogen) atoms. The zero-order valence-electron chi connectivity index (χ0n) is 16.3. The van der Waals surface area contributed by atoms with Crippen LogP contribution in [0.25, 0.3) is 0 Å². The molecule has 0 radical (unpaired) electrons. The van der Waals surface area contributed by atoms with Crippen LogP contribution in [-0.2, 0) is 28.5 Å². The fourth-order valence-corrected chi connectivity index (χ4v) is 4.25. The van der Waals surface area contributed by atoms with Crippen molar-refractivity contribution in [2.24, 2.45) is 0 Å². The van der Waals surface area contributed by atoms with Gasteiger partial charge in [0.05, 0.1) is 0 Å². The standard InChI is InChI=1S/C20H26O8/c1-19(2)25-14-13(12(21)11(17(22)23)10-8-6-5-7-9-10)24-18-16(15(14)26-19)27-20(3,4)28-18/h5-9,11-16,18,21H,1-4H3,(H,22,23)/t11-,12+,13-,14+,15+,16-,18-/m1/s1. The lowest BCUT2D eigenvalue weighted by Gasteiger charge is -2.40. The summed E-state index contributed by atoms with van der Waals surface area (Å²) in [5.74, 6) is -4.15. The van der Waals surface area contributed by atoms with Crippen molar-refractivity contribution in [2.75, 3.05) is 0 Å². The van der Waals surface area contributed by atoms with E-state index in [1.54, 1.807) is 58.0 Å². The molecule has 4 rings (SSSR count). The highest BCUT2D eigenvalue weighted by atomic mass is 16.9. The maximum Gasteiger partial charge on any atom is 0.313 e. The van der Waals surface area contributed by atoms with Crippen LogP contribution in [0.5, 0.6) is 0 Å². The third-order valence-corrected chi connectivity index (χ3v) is 5.29. The summed E-state index contributed by atoms with van der Waals surface area (Å²) in [4.78, 5) is 12.0. The summed E-state index contributed by atoms with van der Waals surface area (Å²) >= 11 is 0. The Hall–Kier alpha value is -1.55. The Bertz CT molecular complexity index is 733. The molecule has 0 unspecified atom stereocenters. The summed E-state index contributed by atoms with van der Waals surface area (Å²) in [6, 6.07) is 8.58. The predicted molar refractivity (Wildman–Crippen MR) is 95.3 cm³/mol. The van der Waals surface area contributed by atoms with Crippen LogP contribution in [0.1, 0.15) is 39.2 Å². The molecule has 0 amide bonds. The highest BCUT2D eigenvalue weighted by molar-refractivity contribution is 5.77. The van der Waals surface area contributed by atoms with E-state index in [4.69, 9.17) is 23.7 Å². The lowest BCUT2D eigenvalue weighted by molar-refractivity contribution is -0.255. The first kappa shape index (κ1) is 19.8. The van der Waals surface area contributed by atoms with Crippen molar-refractivity contribution in [2.45, 2.75) is 82.0 Å². The molecule has 0 aliphatic carbocycles. The van der Waals surface area contributed by atoms with Gasteiger partial charge in [-0.1, -0.05) is 30.3 Å². The summed E-state index contributed by atoms with van der Waals surface area (Å²) in [5.41, 5.74) is 0.479. The number of aliphatic hydroxyl groups excluding tert-OH is 1. The maximum atomic E-state index is 12.0. The molecular formula is C20H26O8. The van der Waals surface area contributed by atoms with Gasteiger partial charge in [0.1, 0.15) is 36.4 Å². The van der Waals surface area contributed by atoms with Gasteiger partial charge in [0.15, 0.2) is 17.9 Å². The molecule has 0 aromatic heterocycles. The van der Waals surface area contributed by atoms with Crippen LogP contribution in [0, 0.1) is 0 Å². The topological polar surface area (TPSA) is 104 Å². The lowest BCUT2D eigenvalue weighted by Crippen LogP contribution is -2.59. The molecule has 0 spiro atoms. The third-order valence-electron chi connectivity index (χ3n) is 5.29. The van der Waals surface area contributed by atoms with Gasteiger partial charge in [-0.05, 0) is 33.3 Å². The van der Waals surface area contributed by atoms with Crippen molar-refractivity contribution in [1.82, 2.24) is 0 Å². The number of carboxylic acids is 1. The average molecular weight is 394 g/mol. The SMILES string of the molecule is CC1(C)O[C@@H]2[C@H](O1)[C@H]1OC(C)(C)O[C@H]1O[C@@H]2[C@@H](O)[C@H](C(=O)O)c1ccccc1. The van der Waals surface area contributed by atoms with E-state index in [0.29, 0.717) is 5.56 Å². The van der Waals surface area contributed by atoms with Crippen LogP contribution in [0.4, 0.5) is 0 Å². The summed E-state index contributed by atoms with van der Waals surface area (Å²) in [7, 11) is 0. The number of aliphatic carboxylic acids is 1. The Kier molecular flexibility index (Phi) is 4.77. The second-order valence-electron chi connectivity index (χ2n) is 8.35. The molecule has 0 saturated carbocycles. The smallest absolute Gasteiger partial charge is 0.313 e. The van der Waals surface area contributed by atoms with E-state index in [9.17, 15) is 15.0 Å². The first-order valence-corrected chi connectivity index (χ1v) is 9.40. The molecule has 1 aromatic carbocycles. The van der Waals surface area contributed by atoms with Crippen molar-refractivity contribution < 1.29 is 38.7 Å². The molecule has 3 aliphatic heterocycles. The highest BCUT2D eigenvalue weighted by Gasteiger charge is 2.62. The van der Waals surface area contributed by atoms with Gasteiger partial charge in [0.2, 0.25) is 0 Å². The van der Waals surface area contributed by atoms with Gasteiger partial charge in [-0.2, -0.15) is 0 Å². The van der Waals surface area contributed by atoms with E-state index in [-0.39, 0.29) is 0 Å². The second kappa shape index (κ2) is 6.76. The third kappa shape index (κ3) is 3.45. The van der Waals surface area contributed by atoms with Gasteiger partial charge >= 0.3 is 5.97 Å². The van der Waals surface area contributed by atoms with Crippen molar-refractivity contribution in [1.29, 1.82) is 0 Å². The number of aliphatic hydroxyl groups is 1. The van der Waals surface area contributed by atoms with Crippen LogP contribution in [-0.4, -0.2) is 64.6 Å². The summed E-state index contributed by atoms with van der Waals surface area (Å²) < 4.78 is 29.8. The summed E-state index contributed by atoms with van der Waals surface area (Å²) in [5, 5.41) is 20.9. The number of benzene rings is 1. The van der Waals surface area contributed by atoms with Crippen LogP contribution in [0.15, 0.2) is 30.3 Å². The average Bonchev–Trinajstić information content (AvgIpc) is 3.08. The molecule has 0 bridgehead atoms. The van der Waals surface area contributed by atoms with Crippen molar-refractivity contribution in [3.8, 4) is 0 Å². The van der Waals surface area contributed by atoms with Gasteiger partial charge in [-0.3, -0.25) is 4.79 Å². The minimum Gasteiger partial charge on any atom is -0.481 e. The monoisotopic (exact) mass is 394 g/mol. The van der Waals surface area contributed by atoms with E-state index in [0.717, 1.165) is 0 Å². The molecular weight excluding hydrogens is 368 g/mol. The Labute approximate surface area is 163 Å². The Balaban J connectivity index is 1.67. The number of fused-ring (bicyclic) bond motifs is 3. The van der Waals surface area contributed by atoms with Gasteiger partial charge < -0.3 is 33.9 Å². The Morgan fingerprint density at radius 2 is 1.50 bits per heavy atom. The summed E-state index contributed by atoms with van der Waals surface area (Å²) in [6.45, 7) is 7.05.